The zero-order valence-corrected chi connectivity index (χ0v) is 13.0. The van der Waals surface area contributed by atoms with Crippen molar-refractivity contribution in [2.45, 2.75) is 13.8 Å². The number of hydrogen-bond donors (Lipinski definition) is 1. The van der Waals surface area contributed by atoms with Gasteiger partial charge in [-0.3, -0.25) is 9.69 Å². The molecule has 1 saturated heterocycles. The van der Waals surface area contributed by atoms with Crippen LogP contribution in [0.1, 0.15) is 13.8 Å². The summed E-state index contributed by atoms with van der Waals surface area (Å²) >= 11 is 0. The first-order valence-corrected chi connectivity index (χ1v) is 7.68. The lowest BCUT2D eigenvalue weighted by Crippen LogP contribution is -2.50. The Morgan fingerprint density at radius 2 is 1.67 bits per heavy atom. The Labute approximate surface area is 126 Å². The predicted molar refractivity (Wildman–Crippen MR) is 84.7 cm³/mol. The number of aromatic hydroxyl groups is 1. The van der Waals surface area contributed by atoms with Gasteiger partial charge in [-0.2, -0.15) is 0 Å². The second-order valence-electron chi connectivity index (χ2n) is 5.35. The lowest BCUT2D eigenvalue weighted by molar-refractivity contribution is -0.132. The summed E-state index contributed by atoms with van der Waals surface area (Å²) in [5, 5.41) is 9.33. The molecular formula is C16H25N3O2. The molecule has 21 heavy (non-hydrogen) atoms. The second-order valence-corrected chi connectivity index (χ2v) is 5.35. The van der Waals surface area contributed by atoms with Crippen molar-refractivity contribution in [1.82, 2.24) is 9.80 Å². The number of hydrogen-bond acceptors (Lipinski definition) is 4. The minimum Gasteiger partial charge on any atom is -0.508 e. The fourth-order valence-electron chi connectivity index (χ4n) is 2.70. The molecule has 0 saturated carbocycles. The van der Waals surface area contributed by atoms with Gasteiger partial charge >= 0.3 is 0 Å². The van der Waals surface area contributed by atoms with E-state index in [1.54, 1.807) is 12.1 Å². The molecule has 5 nitrogen and oxygen atoms in total. The summed E-state index contributed by atoms with van der Waals surface area (Å²) in [5.74, 6) is 0.514. The largest absolute Gasteiger partial charge is 0.508 e. The molecule has 0 bridgehead atoms. The first kappa shape index (κ1) is 15.6. The Morgan fingerprint density at radius 1 is 1.10 bits per heavy atom. The molecule has 0 unspecified atom stereocenters. The third-order valence-corrected chi connectivity index (χ3v) is 4.06. The van der Waals surface area contributed by atoms with Crippen LogP contribution >= 0.6 is 0 Å². The molecule has 0 aliphatic carbocycles. The zero-order valence-electron chi connectivity index (χ0n) is 13.0. The number of benzene rings is 1. The molecule has 0 spiro atoms. The van der Waals surface area contributed by atoms with Crippen molar-refractivity contribution >= 4 is 11.6 Å². The molecule has 1 aromatic carbocycles. The van der Waals surface area contributed by atoms with Gasteiger partial charge in [0.15, 0.2) is 0 Å². The number of likely N-dealkylation sites (N-methyl/N-ethyl adjacent to an activating group) is 1. The topological polar surface area (TPSA) is 47.0 Å². The van der Waals surface area contributed by atoms with Crippen LogP contribution in [0.3, 0.4) is 0 Å². The van der Waals surface area contributed by atoms with Crippen LogP contribution in [0, 0.1) is 0 Å². The Morgan fingerprint density at radius 3 is 2.19 bits per heavy atom. The molecule has 1 aromatic rings. The van der Waals surface area contributed by atoms with Crippen molar-refractivity contribution in [3.63, 3.8) is 0 Å². The molecule has 1 heterocycles. The van der Waals surface area contributed by atoms with E-state index in [0.29, 0.717) is 12.3 Å². The SMILES string of the molecule is CCN(CC)C(=O)CN1CCN(c2ccc(O)cc2)CC1. The number of phenolic OH excluding ortho intramolecular Hbond substituents is 1. The minimum absolute atomic E-state index is 0.220. The van der Waals surface area contributed by atoms with Gasteiger partial charge in [0, 0.05) is 45.0 Å². The molecule has 0 atom stereocenters. The highest BCUT2D eigenvalue weighted by atomic mass is 16.3. The Bertz CT molecular complexity index is 449. The third-order valence-electron chi connectivity index (χ3n) is 4.06. The number of carbonyl (C=O) groups excluding carboxylic acids is 1. The van der Waals surface area contributed by atoms with E-state index in [-0.39, 0.29) is 5.91 Å². The predicted octanol–water partition coefficient (Wildman–Crippen LogP) is 1.38. The van der Waals surface area contributed by atoms with E-state index in [0.717, 1.165) is 45.0 Å². The number of amides is 1. The van der Waals surface area contributed by atoms with Crippen molar-refractivity contribution in [1.29, 1.82) is 0 Å². The summed E-state index contributed by atoms with van der Waals surface area (Å²) in [7, 11) is 0. The second kappa shape index (κ2) is 7.31. The summed E-state index contributed by atoms with van der Waals surface area (Å²) in [6, 6.07) is 7.30. The summed E-state index contributed by atoms with van der Waals surface area (Å²) in [6.07, 6.45) is 0. The number of phenols is 1. The average Bonchev–Trinajstić information content (AvgIpc) is 2.50. The van der Waals surface area contributed by atoms with E-state index in [4.69, 9.17) is 0 Å². The standard InChI is InChI=1S/C16H25N3O2/c1-3-18(4-2)16(21)13-17-9-11-19(12-10-17)14-5-7-15(20)8-6-14/h5-8,20H,3-4,9-13H2,1-2H3. The summed E-state index contributed by atoms with van der Waals surface area (Å²) in [5.41, 5.74) is 1.13. The smallest absolute Gasteiger partial charge is 0.236 e. The molecule has 1 aliphatic heterocycles. The quantitative estimate of drug-likeness (QED) is 0.890. The monoisotopic (exact) mass is 291 g/mol. The van der Waals surface area contributed by atoms with E-state index < -0.39 is 0 Å². The van der Waals surface area contributed by atoms with Crippen molar-refractivity contribution < 1.29 is 9.90 Å². The van der Waals surface area contributed by atoms with E-state index in [1.165, 1.54) is 0 Å². The average molecular weight is 291 g/mol. The third kappa shape index (κ3) is 4.11. The first-order chi connectivity index (χ1) is 10.1. The van der Waals surface area contributed by atoms with Crippen LogP contribution in [-0.2, 0) is 4.79 Å². The fraction of sp³-hybridized carbons (Fsp3) is 0.562. The molecule has 2 rings (SSSR count). The van der Waals surface area contributed by atoms with E-state index >= 15 is 0 Å². The van der Waals surface area contributed by atoms with Crippen LogP contribution in [0.4, 0.5) is 5.69 Å². The molecular weight excluding hydrogens is 266 g/mol. The molecule has 1 amide bonds. The fourth-order valence-corrected chi connectivity index (χ4v) is 2.70. The van der Waals surface area contributed by atoms with Gasteiger partial charge in [-0.15, -0.1) is 0 Å². The lowest BCUT2D eigenvalue weighted by Gasteiger charge is -2.36. The molecule has 1 N–H and O–H groups in total. The Hall–Kier alpha value is -1.75. The van der Waals surface area contributed by atoms with Crippen molar-refractivity contribution in [3.8, 4) is 5.75 Å². The summed E-state index contributed by atoms with van der Waals surface area (Å²) in [6.45, 7) is 9.74. The van der Waals surface area contributed by atoms with E-state index in [1.807, 2.05) is 30.9 Å². The van der Waals surface area contributed by atoms with Crippen LogP contribution in [0.2, 0.25) is 0 Å². The molecule has 116 valence electrons. The van der Waals surface area contributed by atoms with Gasteiger partial charge in [-0.1, -0.05) is 0 Å². The Kier molecular flexibility index (Phi) is 5.44. The molecule has 0 radical (unpaired) electrons. The van der Waals surface area contributed by atoms with Crippen LogP contribution in [-0.4, -0.2) is 66.6 Å². The van der Waals surface area contributed by atoms with Gasteiger partial charge in [0.1, 0.15) is 5.75 Å². The number of rotatable bonds is 5. The van der Waals surface area contributed by atoms with Gasteiger partial charge in [-0.05, 0) is 38.1 Å². The normalized spacial score (nSPS) is 16.0. The maximum atomic E-state index is 12.1. The first-order valence-electron chi connectivity index (χ1n) is 7.68. The Balaban J connectivity index is 1.83. The van der Waals surface area contributed by atoms with Gasteiger partial charge in [0.2, 0.25) is 5.91 Å². The van der Waals surface area contributed by atoms with Crippen LogP contribution < -0.4 is 4.90 Å². The van der Waals surface area contributed by atoms with Crippen LogP contribution in [0.15, 0.2) is 24.3 Å². The number of carbonyl (C=O) groups is 1. The molecule has 1 aliphatic rings. The van der Waals surface area contributed by atoms with Gasteiger partial charge in [0.05, 0.1) is 6.54 Å². The number of piperazine rings is 1. The van der Waals surface area contributed by atoms with Crippen molar-refractivity contribution in [2.75, 3.05) is 50.7 Å². The van der Waals surface area contributed by atoms with Crippen molar-refractivity contribution in [3.05, 3.63) is 24.3 Å². The zero-order chi connectivity index (χ0) is 15.2. The van der Waals surface area contributed by atoms with Gasteiger partial charge in [-0.25, -0.2) is 0 Å². The van der Waals surface area contributed by atoms with Crippen molar-refractivity contribution in [2.24, 2.45) is 0 Å². The van der Waals surface area contributed by atoms with Crippen LogP contribution in [0.5, 0.6) is 5.75 Å². The van der Waals surface area contributed by atoms with E-state index in [2.05, 4.69) is 9.80 Å². The maximum Gasteiger partial charge on any atom is 0.236 e. The molecule has 5 heteroatoms. The van der Waals surface area contributed by atoms with Crippen LogP contribution in [0.25, 0.3) is 0 Å². The highest BCUT2D eigenvalue weighted by Gasteiger charge is 2.20. The summed E-state index contributed by atoms with van der Waals surface area (Å²) in [4.78, 5) is 18.5. The van der Waals surface area contributed by atoms with E-state index in [9.17, 15) is 9.90 Å². The number of anilines is 1. The minimum atomic E-state index is 0.220. The maximum absolute atomic E-state index is 12.1. The summed E-state index contributed by atoms with van der Waals surface area (Å²) < 4.78 is 0. The molecule has 0 aromatic heterocycles. The highest BCUT2D eigenvalue weighted by Crippen LogP contribution is 2.19. The molecule has 1 fully saturated rings. The highest BCUT2D eigenvalue weighted by molar-refractivity contribution is 5.78. The number of nitrogens with zero attached hydrogens (tertiary/aromatic N) is 3. The lowest BCUT2D eigenvalue weighted by atomic mass is 10.2. The van der Waals surface area contributed by atoms with Gasteiger partial charge < -0.3 is 14.9 Å². The van der Waals surface area contributed by atoms with Gasteiger partial charge in [0.25, 0.3) is 0 Å².